The molecular weight excluding hydrogens is 669 g/mol. The van der Waals surface area contributed by atoms with Crippen LogP contribution in [0.15, 0.2) is 161 Å². The molecule has 0 saturated carbocycles. The van der Waals surface area contributed by atoms with Crippen LogP contribution in [0, 0.1) is 0 Å². The van der Waals surface area contributed by atoms with Gasteiger partial charge in [-0.1, -0.05) is 103 Å². The van der Waals surface area contributed by atoms with E-state index in [9.17, 15) is 0 Å². The van der Waals surface area contributed by atoms with Gasteiger partial charge in [-0.05, 0) is 67.4 Å². The molecule has 8 nitrogen and oxygen atoms in total. The third kappa shape index (κ3) is 4.70. The second-order valence-corrected chi connectivity index (χ2v) is 13.5. The smallest absolute Gasteiger partial charge is 0.249 e. The Morgan fingerprint density at radius 2 is 0.889 bits per heavy atom. The van der Waals surface area contributed by atoms with Crippen molar-refractivity contribution in [2.45, 2.75) is 12.8 Å². The van der Waals surface area contributed by atoms with Crippen LogP contribution < -0.4 is 0 Å². The van der Waals surface area contributed by atoms with E-state index >= 15 is 0 Å². The van der Waals surface area contributed by atoms with Crippen LogP contribution in [-0.2, 0) is 6.42 Å². The average molecular weight is 699 g/mol. The third-order valence-corrected chi connectivity index (χ3v) is 10.4. The molecule has 10 aromatic rings. The van der Waals surface area contributed by atoms with Crippen molar-refractivity contribution in [1.29, 1.82) is 0 Å². The molecule has 4 aromatic heterocycles. The van der Waals surface area contributed by atoms with Crippen LogP contribution in [-0.4, -0.2) is 29.5 Å². The molecule has 11 rings (SSSR count). The summed E-state index contributed by atoms with van der Waals surface area (Å²) in [7, 11) is 0. The molecule has 1 aliphatic carbocycles. The molecule has 4 heterocycles. The summed E-state index contributed by atoms with van der Waals surface area (Å²) >= 11 is 0. The molecule has 0 N–H and O–H groups in total. The van der Waals surface area contributed by atoms with Crippen LogP contribution in [0.1, 0.15) is 17.7 Å². The molecule has 0 spiro atoms. The highest BCUT2D eigenvalue weighted by atomic mass is 16.4. The lowest BCUT2D eigenvalue weighted by molar-refractivity contribution is 0.577. The Morgan fingerprint density at radius 1 is 0.444 bits per heavy atom. The zero-order valence-corrected chi connectivity index (χ0v) is 28.9. The number of para-hydroxylation sites is 3. The maximum absolute atomic E-state index is 6.51. The fraction of sp³-hybridized carbons (Fsp3) is 0.0435. The highest BCUT2D eigenvalue weighted by molar-refractivity contribution is 6.10. The standard InChI is InChI=1S/C46H30N6O2/c1-3-15-29(16-4-1)43-47-49-45(53-43)35-27-41(51-37-23-11-7-19-31(37)32-20-8-12-24-38(32)51)42(28-36(35)46-50-48-44(54-46)30-17-5-2-6-18-30)52-39-25-13-9-21-33(39)34-22-10-14-26-40(34)52/h1-13,15-25,27-28H,14,26H2. The van der Waals surface area contributed by atoms with Gasteiger partial charge in [0.05, 0.1) is 39.1 Å². The van der Waals surface area contributed by atoms with Crippen LogP contribution in [0.4, 0.5) is 0 Å². The largest absolute Gasteiger partial charge is 0.416 e. The number of rotatable bonds is 6. The summed E-state index contributed by atoms with van der Waals surface area (Å²) in [6.07, 6.45) is 6.38. The van der Waals surface area contributed by atoms with Gasteiger partial charge < -0.3 is 18.0 Å². The van der Waals surface area contributed by atoms with E-state index in [-0.39, 0.29) is 0 Å². The predicted octanol–water partition coefficient (Wildman–Crippen LogP) is 11.1. The van der Waals surface area contributed by atoms with Crippen LogP contribution >= 0.6 is 0 Å². The topological polar surface area (TPSA) is 87.7 Å². The molecule has 8 heteroatoms. The monoisotopic (exact) mass is 698 g/mol. The van der Waals surface area contributed by atoms with Gasteiger partial charge in [-0.15, -0.1) is 20.4 Å². The summed E-state index contributed by atoms with van der Waals surface area (Å²) in [5.41, 5.74) is 10.7. The van der Waals surface area contributed by atoms with Gasteiger partial charge in [0, 0.05) is 38.5 Å². The summed E-state index contributed by atoms with van der Waals surface area (Å²) < 4.78 is 17.8. The van der Waals surface area contributed by atoms with Crippen molar-refractivity contribution in [3.63, 3.8) is 0 Å². The van der Waals surface area contributed by atoms with Crippen molar-refractivity contribution < 1.29 is 8.83 Å². The zero-order chi connectivity index (χ0) is 35.6. The number of fused-ring (bicyclic) bond motifs is 6. The average Bonchev–Trinajstić information content (AvgIpc) is 4.05. The lowest BCUT2D eigenvalue weighted by Crippen LogP contribution is -2.09. The Labute approximate surface area is 309 Å². The minimum atomic E-state index is 0.346. The van der Waals surface area contributed by atoms with Crippen molar-refractivity contribution in [2.75, 3.05) is 0 Å². The SMILES string of the molecule is C1=Cc2c(n(-c3cc(-c4nnc(-c5ccccc5)o4)c(-c4nnc(-c5ccccc5)o4)cc3-n3c4ccccc4c4ccccc43)c3ccccc23)CC1. The summed E-state index contributed by atoms with van der Waals surface area (Å²) in [6.45, 7) is 0. The van der Waals surface area contributed by atoms with Crippen molar-refractivity contribution in [3.8, 4) is 57.2 Å². The molecular formula is C46H30N6O2. The number of allylic oxidation sites excluding steroid dienone is 1. The molecule has 0 aliphatic heterocycles. The predicted molar refractivity (Wildman–Crippen MR) is 212 cm³/mol. The van der Waals surface area contributed by atoms with E-state index in [1.165, 1.54) is 27.4 Å². The van der Waals surface area contributed by atoms with E-state index in [0.29, 0.717) is 34.7 Å². The van der Waals surface area contributed by atoms with Crippen LogP contribution in [0.2, 0.25) is 0 Å². The van der Waals surface area contributed by atoms with Gasteiger partial charge in [-0.25, -0.2) is 0 Å². The lowest BCUT2D eigenvalue weighted by atomic mass is 10.0. The van der Waals surface area contributed by atoms with Gasteiger partial charge in [0.15, 0.2) is 0 Å². The fourth-order valence-corrected chi connectivity index (χ4v) is 7.98. The van der Waals surface area contributed by atoms with Gasteiger partial charge in [0.2, 0.25) is 23.6 Å². The molecule has 0 radical (unpaired) electrons. The van der Waals surface area contributed by atoms with E-state index in [1.54, 1.807) is 0 Å². The molecule has 0 fully saturated rings. The van der Waals surface area contributed by atoms with Gasteiger partial charge in [0.1, 0.15) is 0 Å². The van der Waals surface area contributed by atoms with Crippen LogP contribution in [0.5, 0.6) is 0 Å². The normalized spacial score (nSPS) is 12.6. The minimum Gasteiger partial charge on any atom is -0.416 e. The Hall–Kier alpha value is -7.32. The van der Waals surface area contributed by atoms with Gasteiger partial charge in [0.25, 0.3) is 0 Å². The third-order valence-electron chi connectivity index (χ3n) is 10.4. The maximum atomic E-state index is 6.51. The molecule has 0 bridgehead atoms. The van der Waals surface area contributed by atoms with Crippen molar-refractivity contribution >= 4 is 38.8 Å². The maximum Gasteiger partial charge on any atom is 0.249 e. The van der Waals surface area contributed by atoms with Gasteiger partial charge in [-0.3, -0.25) is 0 Å². The zero-order valence-electron chi connectivity index (χ0n) is 28.9. The van der Waals surface area contributed by atoms with Gasteiger partial charge in [-0.2, -0.15) is 0 Å². The summed E-state index contributed by atoms with van der Waals surface area (Å²) in [5.74, 6) is 1.54. The van der Waals surface area contributed by atoms with Gasteiger partial charge >= 0.3 is 0 Å². The molecule has 0 amide bonds. The molecule has 0 atom stereocenters. The molecule has 1 aliphatic rings. The van der Waals surface area contributed by atoms with Crippen molar-refractivity contribution in [2.24, 2.45) is 0 Å². The minimum absolute atomic E-state index is 0.346. The first-order chi connectivity index (χ1) is 26.8. The number of hydrogen-bond donors (Lipinski definition) is 0. The highest BCUT2D eigenvalue weighted by Gasteiger charge is 2.28. The first kappa shape index (κ1) is 30.3. The number of nitrogens with zero attached hydrogens (tertiary/aromatic N) is 6. The quantitative estimate of drug-likeness (QED) is 0.172. The molecule has 0 unspecified atom stereocenters. The van der Waals surface area contributed by atoms with E-state index in [1.807, 2.05) is 60.7 Å². The fourth-order valence-electron chi connectivity index (χ4n) is 7.98. The number of aromatic nitrogens is 6. The second-order valence-electron chi connectivity index (χ2n) is 13.5. The molecule has 6 aromatic carbocycles. The number of benzene rings is 6. The summed E-state index contributed by atoms with van der Waals surface area (Å²) in [5, 5.41) is 21.8. The Balaban J connectivity index is 1.27. The summed E-state index contributed by atoms with van der Waals surface area (Å²) in [6, 6.07) is 49.7. The Morgan fingerprint density at radius 3 is 1.44 bits per heavy atom. The molecule has 0 saturated heterocycles. The van der Waals surface area contributed by atoms with Crippen molar-refractivity contribution in [3.05, 3.63) is 163 Å². The van der Waals surface area contributed by atoms with E-state index < -0.39 is 0 Å². The van der Waals surface area contributed by atoms with E-state index in [2.05, 4.69) is 127 Å². The molecule has 256 valence electrons. The Bertz CT molecular complexity index is 3000. The Kier molecular flexibility index (Phi) is 6.81. The van der Waals surface area contributed by atoms with E-state index in [4.69, 9.17) is 8.83 Å². The molecule has 54 heavy (non-hydrogen) atoms. The first-order valence-corrected chi connectivity index (χ1v) is 18.0. The van der Waals surface area contributed by atoms with Crippen molar-refractivity contribution in [1.82, 2.24) is 29.5 Å². The van der Waals surface area contributed by atoms with Crippen LogP contribution in [0.3, 0.4) is 0 Å². The van der Waals surface area contributed by atoms with Crippen LogP contribution in [0.25, 0.3) is 96.0 Å². The first-order valence-electron chi connectivity index (χ1n) is 18.0. The highest BCUT2D eigenvalue weighted by Crippen LogP contribution is 2.44. The lowest BCUT2D eigenvalue weighted by Gasteiger charge is -2.21. The number of hydrogen-bond acceptors (Lipinski definition) is 6. The van der Waals surface area contributed by atoms with E-state index in [0.717, 1.165) is 51.9 Å². The summed E-state index contributed by atoms with van der Waals surface area (Å²) in [4.78, 5) is 0. The second kappa shape index (κ2) is 12.1.